The standard InChI is InChI=1S/C13H14Br2N2OS2/c1-3-10-7(2)16-13(20-10)17-11(18)5-4-8-6-9(14)12(15)19-8/h6H,3-5H2,1-2H3,(H,16,17,18). The topological polar surface area (TPSA) is 42.0 Å². The minimum Gasteiger partial charge on any atom is -0.302 e. The number of nitrogens with one attached hydrogen (secondary N) is 1. The van der Waals surface area contributed by atoms with Crippen LogP contribution in [0.5, 0.6) is 0 Å². The Kier molecular flexibility index (Phi) is 5.77. The molecule has 0 fully saturated rings. The molecule has 0 aliphatic heterocycles. The molecule has 0 bridgehead atoms. The van der Waals surface area contributed by atoms with Crippen molar-refractivity contribution < 1.29 is 4.79 Å². The van der Waals surface area contributed by atoms with Gasteiger partial charge in [0.2, 0.25) is 5.91 Å². The summed E-state index contributed by atoms with van der Waals surface area (Å²) < 4.78 is 2.11. The van der Waals surface area contributed by atoms with Crippen LogP contribution in [-0.2, 0) is 17.6 Å². The molecule has 0 saturated carbocycles. The summed E-state index contributed by atoms with van der Waals surface area (Å²) in [6.45, 7) is 4.07. The van der Waals surface area contributed by atoms with Crippen LogP contribution < -0.4 is 5.32 Å². The third-order valence-corrected chi connectivity index (χ3v) is 7.29. The molecule has 0 saturated heterocycles. The van der Waals surface area contributed by atoms with Gasteiger partial charge in [-0.05, 0) is 57.7 Å². The third-order valence-electron chi connectivity index (χ3n) is 2.75. The average Bonchev–Trinajstić information content (AvgIpc) is 2.90. The number of hydrogen-bond donors (Lipinski definition) is 1. The molecule has 0 aromatic carbocycles. The van der Waals surface area contributed by atoms with Gasteiger partial charge in [0.25, 0.3) is 0 Å². The number of thiazole rings is 1. The van der Waals surface area contributed by atoms with Crippen molar-refractivity contribution in [2.75, 3.05) is 5.32 Å². The molecule has 2 rings (SSSR count). The van der Waals surface area contributed by atoms with E-state index in [2.05, 4.69) is 49.1 Å². The van der Waals surface area contributed by atoms with Crippen LogP contribution in [0.4, 0.5) is 5.13 Å². The number of carbonyl (C=O) groups excluding carboxylic acids is 1. The second kappa shape index (κ2) is 7.15. The van der Waals surface area contributed by atoms with Gasteiger partial charge in [0, 0.05) is 20.6 Å². The number of aromatic nitrogens is 1. The van der Waals surface area contributed by atoms with E-state index < -0.39 is 0 Å². The molecule has 0 spiro atoms. The Morgan fingerprint density at radius 1 is 1.40 bits per heavy atom. The smallest absolute Gasteiger partial charge is 0.226 e. The zero-order chi connectivity index (χ0) is 14.7. The van der Waals surface area contributed by atoms with E-state index in [0.29, 0.717) is 11.6 Å². The molecule has 0 atom stereocenters. The quantitative estimate of drug-likeness (QED) is 0.700. The fourth-order valence-electron chi connectivity index (χ4n) is 1.74. The minimum absolute atomic E-state index is 0.0158. The predicted molar refractivity (Wildman–Crippen MR) is 92.9 cm³/mol. The lowest BCUT2D eigenvalue weighted by Gasteiger charge is -2.00. The van der Waals surface area contributed by atoms with Gasteiger partial charge in [0.15, 0.2) is 5.13 Å². The number of amides is 1. The van der Waals surface area contributed by atoms with Gasteiger partial charge in [-0.1, -0.05) is 6.92 Å². The Hall–Kier alpha value is -0.240. The number of rotatable bonds is 5. The monoisotopic (exact) mass is 436 g/mol. The Labute approximate surface area is 143 Å². The van der Waals surface area contributed by atoms with Gasteiger partial charge in [-0.25, -0.2) is 4.98 Å². The number of halogens is 2. The number of carbonyl (C=O) groups is 1. The molecule has 0 aliphatic rings. The number of hydrogen-bond acceptors (Lipinski definition) is 4. The molecular formula is C13H14Br2N2OS2. The fourth-order valence-corrected chi connectivity index (χ4v) is 4.84. The molecule has 7 heteroatoms. The zero-order valence-corrected chi connectivity index (χ0v) is 15.9. The largest absolute Gasteiger partial charge is 0.302 e. The van der Waals surface area contributed by atoms with Crippen molar-refractivity contribution in [2.24, 2.45) is 0 Å². The lowest BCUT2D eigenvalue weighted by Crippen LogP contribution is -2.11. The lowest BCUT2D eigenvalue weighted by molar-refractivity contribution is -0.116. The second-order valence-corrected chi connectivity index (χ2v) is 8.66. The van der Waals surface area contributed by atoms with E-state index in [4.69, 9.17) is 0 Å². The van der Waals surface area contributed by atoms with Gasteiger partial charge < -0.3 is 5.32 Å². The van der Waals surface area contributed by atoms with E-state index in [1.165, 1.54) is 9.75 Å². The molecule has 2 aromatic heterocycles. The highest BCUT2D eigenvalue weighted by molar-refractivity contribution is 9.13. The first-order chi connectivity index (χ1) is 9.49. The summed E-state index contributed by atoms with van der Waals surface area (Å²) in [5.74, 6) is 0.0158. The van der Waals surface area contributed by atoms with Crippen molar-refractivity contribution in [3.8, 4) is 0 Å². The lowest BCUT2D eigenvalue weighted by atomic mass is 10.2. The van der Waals surface area contributed by atoms with Gasteiger partial charge in [-0.15, -0.1) is 22.7 Å². The first-order valence-electron chi connectivity index (χ1n) is 6.19. The maximum atomic E-state index is 11.9. The van der Waals surface area contributed by atoms with E-state index in [1.54, 1.807) is 22.7 Å². The Morgan fingerprint density at radius 3 is 2.70 bits per heavy atom. The molecule has 1 amide bonds. The number of nitrogens with zero attached hydrogens (tertiary/aromatic N) is 1. The van der Waals surface area contributed by atoms with Crippen molar-refractivity contribution in [2.45, 2.75) is 33.1 Å². The van der Waals surface area contributed by atoms with Crippen molar-refractivity contribution >= 4 is 65.6 Å². The normalized spacial score (nSPS) is 10.8. The molecule has 2 aromatic rings. The molecule has 0 unspecified atom stereocenters. The van der Waals surface area contributed by atoms with Crippen molar-refractivity contribution in [1.82, 2.24) is 4.98 Å². The predicted octanol–water partition coefficient (Wildman–Crippen LogP) is 5.17. The summed E-state index contributed by atoms with van der Waals surface area (Å²) in [4.78, 5) is 18.7. The summed E-state index contributed by atoms with van der Waals surface area (Å²) in [5.41, 5.74) is 1.01. The van der Waals surface area contributed by atoms with E-state index in [-0.39, 0.29) is 5.91 Å². The molecule has 20 heavy (non-hydrogen) atoms. The van der Waals surface area contributed by atoms with Crippen molar-refractivity contribution in [3.63, 3.8) is 0 Å². The SMILES string of the molecule is CCc1sc(NC(=O)CCc2cc(Br)c(Br)s2)nc1C. The van der Waals surface area contributed by atoms with Crippen LogP contribution in [0.1, 0.15) is 28.8 Å². The fraction of sp³-hybridized carbons (Fsp3) is 0.385. The van der Waals surface area contributed by atoms with E-state index in [0.717, 1.165) is 26.8 Å². The highest BCUT2D eigenvalue weighted by Gasteiger charge is 2.11. The highest BCUT2D eigenvalue weighted by Crippen LogP contribution is 2.33. The Bertz CT molecular complexity index is 602. The zero-order valence-electron chi connectivity index (χ0n) is 11.1. The van der Waals surface area contributed by atoms with Crippen LogP contribution >= 0.6 is 54.5 Å². The van der Waals surface area contributed by atoms with Crippen LogP contribution in [0.2, 0.25) is 0 Å². The summed E-state index contributed by atoms with van der Waals surface area (Å²) >= 11 is 10.1. The van der Waals surface area contributed by atoms with Crippen LogP contribution in [-0.4, -0.2) is 10.9 Å². The summed E-state index contributed by atoms with van der Waals surface area (Å²) in [6, 6.07) is 2.05. The number of aryl methyl sites for hydroxylation is 3. The number of anilines is 1. The Morgan fingerprint density at radius 2 is 2.15 bits per heavy atom. The molecule has 108 valence electrons. The van der Waals surface area contributed by atoms with Gasteiger partial charge in [0.1, 0.15) is 0 Å². The molecule has 3 nitrogen and oxygen atoms in total. The third kappa shape index (κ3) is 4.13. The summed E-state index contributed by atoms with van der Waals surface area (Å²) in [6.07, 6.45) is 2.17. The van der Waals surface area contributed by atoms with Crippen LogP contribution in [0.15, 0.2) is 14.3 Å². The first kappa shape index (κ1) is 16.1. The van der Waals surface area contributed by atoms with E-state index in [1.807, 2.05) is 13.0 Å². The van der Waals surface area contributed by atoms with Crippen LogP contribution in [0.25, 0.3) is 0 Å². The van der Waals surface area contributed by atoms with Crippen LogP contribution in [0, 0.1) is 6.92 Å². The highest BCUT2D eigenvalue weighted by atomic mass is 79.9. The minimum atomic E-state index is 0.0158. The first-order valence-corrected chi connectivity index (χ1v) is 9.41. The van der Waals surface area contributed by atoms with Gasteiger partial charge in [0.05, 0.1) is 9.48 Å². The second-order valence-electron chi connectivity index (χ2n) is 4.26. The molecule has 0 aliphatic carbocycles. The van der Waals surface area contributed by atoms with Crippen molar-refractivity contribution in [3.05, 3.63) is 29.8 Å². The van der Waals surface area contributed by atoms with Crippen LogP contribution in [0.3, 0.4) is 0 Å². The molecule has 2 heterocycles. The molecular weight excluding hydrogens is 424 g/mol. The Balaban J connectivity index is 1.88. The molecule has 0 radical (unpaired) electrons. The van der Waals surface area contributed by atoms with Crippen molar-refractivity contribution in [1.29, 1.82) is 0 Å². The summed E-state index contributed by atoms with van der Waals surface area (Å²) in [5, 5.41) is 3.59. The number of thiophene rings is 1. The van der Waals surface area contributed by atoms with Gasteiger partial charge >= 0.3 is 0 Å². The maximum absolute atomic E-state index is 11.9. The summed E-state index contributed by atoms with van der Waals surface area (Å²) in [7, 11) is 0. The van der Waals surface area contributed by atoms with Gasteiger partial charge in [-0.3, -0.25) is 4.79 Å². The molecule has 1 N–H and O–H groups in total. The maximum Gasteiger partial charge on any atom is 0.226 e. The van der Waals surface area contributed by atoms with E-state index in [9.17, 15) is 4.79 Å². The van der Waals surface area contributed by atoms with Gasteiger partial charge in [-0.2, -0.15) is 0 Å². The average molecular weight is 438 g/mol. The van der Waals surface area contributed by atoms with E-state index >= 15 is 0 Å².